The van der Waals surface area contributed by atoms with E-state index >= 15 is 0 Å². The van der Waals surface area contributed by atoms with E-state index in [9.17, 15) is 0 Å². The van der Waals surface area contributed by atoms with Gasteiger partial charge in [-0.05, 0) is 42.9 Å². The second-order valence-electron chi connectivity index (χ2n) is 6.33. The molecule has 0 amide bonds. The van der Waals surface area contributed by atoms with Crippen LogP contribution in [0.15, 0.2) is 47.4 Å². The zero-order valence-corrected chi connectivity index (χ0v) is 14.9. The summed E-state index contributed by atoms with van der Waals surface area (Å²) in [6, 6.07) is 15.5. The summed E-state index contributed by atoms with van der Waals surface area (Å²) < 4.78 is 0. The van der Waals surface area contributed by atoms with Crippen LogP contribution in [0.5, 0.6) is 0 Å². The fraction of sp³-hybridized carbons (Fsp3) is 0.263. The van der Waals surface area contributed by atoms with Crippen LogP contribution in [0.25, 0.3) is 11.1 Å². The number of hydrogen-bond acceptors (Lipinski definition) is 3. The lowest BCUT2D eigenvalue weighted by Crippen LogP contribution is -2.57. The highest BCUT2D eigenvalue weighted by Gasteiger charge is 2.31. The van der Waals surface area contributed by atoms with Crippen molar-refractivity contribution in [3.63, 3.8) is 0 Å². The summed E-state index contributed by atoms with van der Waals surface area (Å²) in [7, 11) is 4.31. The Balaban J connectivity index is 1.91. The molecule has 2 nitrogen and oxygen atoms in total. The molecule has 2 aliphatic heterocycles. The van der Waals surface area contributed by atoms with Gasteiger partial charge in [0.05, 0.1) is 5.70 Å². The normalized spacial score (nSPS) is 17.2. The van der Waals surface area contributed by atoms with E-state index in [0.717, 1.165) is 18.1 Å². The average Bonchev–Trinajstić information content (AvgIpc) is 2.63. The largest absolute Gasteiger partial charge is 0.367 e. The third-order valence-electron chi connectivity index (χ3n) is 4.63. The van der Waals surface area contributed by atoms with Crippen molar-refractivity contribution in [2.45, 2.75) is 10.9 Å². The molecule has 2 aromatic rings. The monoisotopic (exact) mass is 342 g/mol. The summed E-state index contributed by atoms with van der Waals surface area (Å²) in [6.07, 6.45) is 0. The highest BCUT2D eigenvalue weighted by Crippen LogP contribution is 2.35. The Labute approximate surface area is 146 Å². The van der Waals surface area contributed by atoms with Crippen molar-refractivity contribution in [3.05, 3.63) is 63.5 Å². The van der Waals surface area contributed by atoms with Crippen LogP contribution in [0.1, 0.15) is 5.56 Å². The maximum absolute atomic E-state index is 6.31. The van der Waals surface area contributed by atoms with Crippen molar-refractivity contribution in [1.82, 2.24) is 9.80 Å². The molecule has 1 fully saturated rings. The summed E-state index contributed by atoms with van der Waals surface area (Å²) in [4.78, 5) is 6.06. The summed E-state index contributed by atoms with van der Waals surface area (Å²) in [6.45, 7) is 2.13. The van der Waals surface area contributed by atoms with Gasteiger partial charge in [0.25, 0.3) is 0 Å². The van der Waals surface area contributed by atoms with Crippen LogP contribution in [0.2, 0.25) is 5.02 Å². The quantitative estimate of drug-likeness (QED) is 0.828. The molecule has 2 heterocycles. The molecule has 0 unspecified atom stereocenters. The van der Waals surface area contributed by atoms with Crippen molar-refractivity contribution in [3.8, 4) is 0 Å². The van der Waals surface area contributed by atoms with E-state index in [0.29, 0.717) is 6.04 Å². The summed E-state index contributed by atoms with van der Waals surface area (Å²) in [5.74, 6) is 0. The molecule has 0 N–H and O–H groups in total. The van der Waals surface area contributed by atoms with Crippen LogP contribution in [0.4, 0.5) is 0 Å². The van der Waals surface area contributed by atoms with Crippen LogP contribution in [-0.4, -0.2) is 43.0 Å². The number of thioether (sulfide) groups is 1. The minimum Gasteiger partial charge on any atom is -0.367 e. The first-order valence-corrected chi connectivity index (χ1v) is 9.07. The number of nitrogens with zero attached hydrogens (tertiary/aromatic N) is 2. The van der Waals surface area contributed by atoms with Gasteiger partial charge < -0.3 is 9.80 Å². The second kappa shape index (κ2) is 5.90. The predicted molar refractivity (Wildman–Crippen MR) is 99.0 cm³/mol. The minimum absolute atomic E-state index is 0.622. The number of likely N-dealkylation sites (tertiary alicyclic amines) is 1. The first-order valence-electron chi connectivity index (χ1n) is 7.81. The van der Waals surface area contributed by atoms with Crippen LogP contribution in [0, 0.1) is 0 Å². The molecule has 0 radical (unpaired) electrons. The molecule has 0 atom stereocenters. The van der Waals surface area contributed by atoms with Crippen molar-refractivity contribution >= 4 is 34.5 Å². The Kier molecular flexibility index (Phi) is 3.88. The van der Waals surface area contributed by atoms with Gasteiger partial charge in [-0.25, -0.2) is 0 Å². The van der Waals surface area contributed by atoms with Crippen molar-refractivity contribution in [1.29, 1.82) is 0 Å². The standard InChI is InChI=1S/C19H19ClN2S/c1-21(2)15-10-22(11-15)19-16-6-4-3-5-13(16)12-23-18-8-7-14(20)9-17(18)19/h3-9,12,15H,10-11H2,1-2H3. The Morgan fingerprint density at radius 3 is 2.70 bits per heavy atom. The van der Waals surface area contributed by atoms with Crippen LogP contribution < -0.4 is 10.4 Å². The Morgan fingerprint density at radius 1 is 1.13 bits per heavy atom. The molecule has 0 bridgehead atoms. The van der Waals surface area contributed by atoms with E-state index < -0.39 is 0 Å². The average molecular weight is 343 g/mol. The van der Waals surface area contributed by atoms with E-state index in [1.807, 2.05) is 6.07 Å². The highest BCUT2D eigenvalue weighted by molar-refractivity contribution is 8.06. The van der Waals surface area contributed by atoms with Crippen LogP contribution >= 0.6 is 23.4 Å². The molecule has 2 aromatic carbocycles. The number of likely N-dealkylation sites (N-methyl/N-ethyl adjacent to an activating group) is 1. The topological polar surface area (TPSA) is 6.48 Å². The van der Waals surface area contributed by atoms with E-state index in [1.54, 1.807) is 11.8 Å². The van der Waals surface area contributed by atoms with Crippen molar-refractivity contribution < 1.29 is 0 Å². The maximum atomic E-state index is 6.31. The van der Waals surface area contributed by atoms with Crippen molar-refractivity contribution in [2.75, 3.05) is 27.2 Å². The Morgan fingerprint density at radius 2 is 1.91 bits per heavy atom. The van der Waals surface area contributed by atoms with Gasteiger partial charge in [0, 0.05) is 39.8 Å². The third kappa shape index (κ3) is 2.67. The van der Waals surface area contributed by atoms with Gasteiger partial charge in [-0.15, -0.1) is 0 Å². The molecule has 4 rings (SSSR count). The molecule has 0 aliphatic carbocycles. The van der Waals surface area contributed by atoms with Gasteiger partial charge in [-0.2, -0.15) is 0 Å². The first-order chi connectivity index (χ1) is 11.1. The number of halogens is 1. The molecule has 2 aliphatic rings. The maximum Gasteiger partial charge on any atom is 0.0532 e. The van der Waals surface area contributed by atoms with E-state index in [2.05, 4.69) is 65.7 Å². The van der Waals surface area contributed by atoms with Gasteiger partial charge in [0.1, 0.15) is 0 Å². The molecule has 0 aromatic heterocycles. The van der Waals surface area contributed by atoms with Gasteiger partial charge in [0.2, 0.25) is 0 Å². The van der Waals surface area contributed by atoms with Gasteiger partial charge >= 0.3 is 0 Å². The Bertz CT molecular complexity index is 869. The number of benzene rings is 2. The van der Waals surface area contributed by atoms with E-state index in [4.69, 9.17) is 11.6 Å². The summed E-state index contributed by atoms with van der Waals surface area (Å²) in [5.41, 5.74) is 2.57. The van der Waals surface area contributed by atoms with Gasteiger partial charge in [-0.1, -0.05) is 47.6 Å². The van der Waals surface area contributed by atoms with Gasteiger partial charge in [-0.3, -0.25) is 0 Å². The zero-order chi connectivity index (χ0) is 16.0. The lowest BCUT2D eigenvalue weighted by atomic mass is 10.0. The fourth-order valence-corrected chi connectivity index (χ4v) is 4.24. The van der Waals surface area contributed by atoms with Gasteiger partial charge in [0.15, 0.2) is 0 Å². The first kappa shape index (κ1) is 15.1. The third-order valence-corrected chi connectivity index (χ3v) is 5.85. The van der Waals surface area contributed by atoms with E-state index in [1.165, 1.54) is 26.6 Å². The molecule has 1 saturated heterocycles. The minimum atomic E-state index is 0.622. The SMILES string of the molecule is CN(C)C1CN(C2=c3ccccc3=CSc3ccc(Cl)cc32)C1. The second-order valence-corrected chi connectivity index (χ2v) is 7.68. The molecule has 118 valence electrons. The highest BCUT2D eigenvalue weighted by atomic mass is 35.5. The molecule has 23 heavy (non-hydrogen) atoms. The number of fused-ring (bicyclic) bond motifs is 2. The van der Waals surface area contributed by atoms with Crippen molar-refractivity contribution in [2.24, 2.45) is 0 Å². The lowest BCUT2D eigenvalue weighted by molar-refractivity contribution is 0.114. The molecule has 0 saturated carbocycles. The predicted octanol–water partition coefficient (Wildman–Crippen LogP) is 2.59. The molecular formula is C19H19ClN2S. The number of rotatable bonds is 2. The smallest absolute Gasteiger partial charge is 0.0532 e. The molecular weight excluding hydrogens is 324 g/mol. The van der Waals surface area contributed by atoms with E-state index in [-0.39, 0.29) is 0 Å². The summed E-state index contributed by atoms with van der Waals surface area (Å²) >= 11 is 8.09. The molecule has 4 heteroatoms. The van der Waals surface area contributed by atoms with Crippen LogP contribution in [-0.2, 0) is 0 Å². The number of hydrogen-bond donors (Lipinski definition) is 0. The lowest BCUT2D eigenvalue weighted by Gasteiger charge is -2.45. The van der Waals surface area contributed by atoms with Crippen LogP contribution in [0.3, 0.4) is 0 Å². The Hall–Kier alpha value is -1.42. The summed E-state index contributed by atoms with van der Waals surface area (Å²) in [5, 5.41) is 5.63. The fourth-order valence-electron chi connectivity index (χ4n) is 3.18. The molecule has 0 spiro atoms. The zero-order valence-electron chi connectivity index (χ0n) is 13.3.